The summed E-state index contributed by atoms with van der Waals surface area (Å²) in [6.07, 6.45) is 3.91. The minimum atomic E-state index is -0.526. The van der Waals surface area contributed by atoms with Crippen molar-refractivity contribution in [2.24, 2.45) is 0 Å². The normalized spacial score (nSPS) is 17.9. The third-order valence-corrected chi connectivity index (χ3v) is 3.19. The Balaban J connectivity index is 2.03. The van der Waals surface area contributed by atoms with Gasteiger partial charge in [0.25, 0.3) is 0 Å². The molecule has 0 bridgehead atoms. The summed E-state index contributed by atoms with van der Waals surface area (Å²) in [5, 5.41) is 24.6. The van der Waals surface area contributed by atoms with Gasteiger partial charge in [0.1, 0.15) is 6.61 Å². The Hall–Kier alpha value is -1.60. The molecule has 7 nitrogen and oxygen atoms in total. The molecule has 0 aromatic carbocycles. The predicted molar refractivity (Wildman–Crippen MR) is 66.6 cm³/mol. The topological polar surface area (TPSA) is 96.6 Å². The van der Waals surface area contributed by atoms with E-state index in [-0.39, 0.29) is 25.9 Å². The quantitative estimate of drug-likeness (QED) is 0.697. The lowest BCUT2D eigenvalue weighted by molar-refractivity contribution is 0.115. The van der Waals surface area contributed by atoms with E-state index in [1.54, 1.807) is 10.9 Å². The molecule has 1 heterocycles. The molecule has 1 unspecified atom stereocenters. The number of hydrogen-bond donors (Lipinski definition) is 3. The molecule has 3 N–H and O–H groups in total. The van der Waals surface area contributed by atoms with Crippen molar-refractivity contribution in [2.45, 2.75) is 31.8 Å². The van der Waals surface area contributed by atoms with Crippen LogP contribution in [-0.2, 0) is 17.7 Å². The van der Waals surface area contributed by atoms with E-state index in [2.05, 4.69) is 10.4 Å². The van der Waals surface area contributed by atoms with Gasteiger partial charge in [0, 0.05) is 11.3 Å². The van der Waals surface area contributed by atoms with Crippen molar-refractivity contribution in [1.82, 2.24) is 15.1 Å². The predicted octanol–water partition coefficient (Wildman–Crippen LogP) is -0.0287. The van der Waals surface area contributed by atoms with Crippen LogP contribution in [0, 0.1) is 0 Å². The summed E-state index contributed by atoms with van der Waals surface area (Å²) in [5.41, 5.74) is 2.05. The van der Waals surface area contributed by atoms with Gasteiger partial charge in [-0.15, -0.1) is 0 Å². The SMILES string of the molecule is O=C(NC1CCCc2c1cnn2CCO)OCCO. The van der Waals surface area contributed by atoms with Gasteiger partial charge in [-0.25, -0.2) is 4.79 Å². The van der Waals surface area contributed by atoms with Crippen molar-refractivity contribution < 1.29 is 19.7 Å². The van der Waals surface area contributed by atoms with Crippen LogP contribution in [-0.4, -0.2) is 45.9 Å². The summed E-state index contributed by atoms with van der Waals surface area (Å²) in [5.74, 6) is 0. The number of hydrogen-bond acceptors (Lipinski definition) is 5. The Bertz CT molecular complexity index is 433. The smallest absolute Gasteiger partial charge is 0.407 e. The summed E-state index contributed by atoms with van der Waals surface area (Å²) in [6.45, 7) is 0.328. The van der Waals surface area contributed by atoms with Crippen molar-refractivity contribution in [3.63, 3.8) is 0 Å². The lowest BCUT2D eigenvalue weighted by Gasteiger charge is -2.23. The Labute approximate surface area is 111 Å². The Kier molecular flexibility index (Phi) is 4.75. The van der Waals surface area contributed by atoms with E-state index < -0.39 is 6.09 Å². The Morgan fingerprint density at radius 3 is 3.11 bits per heavy atom. The van der Waals surface area contributed by atoms with Gasteiger partial charge in [-0.3, -0.25) is 4.68 Å². The van der Waals surface area contributed by atoms with Gasteiger partial charge in [0.2, 0.25) is 0 Å². The summed E-state index contributed by atoms with van der Waals surface area (Å²) in [6, 6.07) is -0.109. The van der Waals surface area contributed by atoms with E-state index in [9.17, 15) is 4.79 Å². The first-order chi connectivity index (χ1) is 9.26. The number of aliphatic hydroxyl groups excluding tert-OH is 2. The van der Waals surface area contributed by atoms with Crippen LogP contribution >= 0.6 is 0 Å². The first-order valence-electron chi connectivity index (χ1n) is 6.46. The highest BCUT2D eigenvalue weighted by Gasteiger charge is 2.25. The fourth-order valence-electron chi connectivity index (χ4n) is 2.38. The van der Waals surface area contributed by atoms with Crippen LogP contribution in [0.25, 0.3) is 0 Å². The summed E-state index contributed by atoms with van der Waals surface area (Å²) in [7, 11) is 0. The highest BCUT2D eigenvalue weighted by atomic mass is 16.6. The molecule has 1 amide bonds. The highest BCUT2D eigenvalue weighted by molar-refractivity contribution is 5.68. The molecule has 0 spiro atoms. The number of carbonyl (C=O) groups is 1. The number of rotatable bonds is 5. The highest BCUT2D eigenvalue weighted by Crippen LogP contribution is 2.29. The van der Waals surface area contributed by atoms with E-state index in [4.69, 9.17) is 14.9 Å². The van der Waals surface area contributed by atoms with Gasteiger partial charge >= 0.3 is 6.09 Å². The molecule has 0 aliphatic heterocycles. The number of nitrogens with one attached hydrogen (secondary N) is 1. The molecule has 1 aromatic heterocycles. The standard InChI is InChI=1S/C12H19N3O4/c16-5-4-15-11-3-1-2-10(9(11)8-13-15)14-12(18)19-7-6-17/h8,10,16-17H,1-7H2,(H,14,18). The van der Waals surface area contributed by atoms with Gasteiger partial charge in [0.15, 0.2) is 0 Å². The number of aliphatic hydroxyl groups is 2. The van der Waals surface area contributed by atoms with Crippen molar-refractivity contribution in [2.75, 3.05) is 19.8 Å². The molecule has 0 saturated carbocycles. The number of carbonyl (C=O) groups excluding carboxylic acids is 1. The van der Waals surface area contributed by atoms with Gasteiger partial charge in [-0.2, -0.15) is 5.10 Å². The average Bonchev–Trinajstić information content (AvgIpc) is 2.81. The lowest BCUT2D eigenvalue weighted by atomic mass is 9.93. The van der Waals surface area contributed by atoms with Crippen LogP contribution in [0.4, 0.5) is 4.79 Å². The fourth-order valence-corrected chi connectivity index (χ4v) is 2.38. The molecular formula is C12H19N3O4. The maximum absolute atomic E-state index is 11.5. The van der Waals surface area contributed by atoms with E-state index in [1.165, 1.54) is 0 Å². The first kappa shape index (κ1) is 13.8. The number of ether oxygens (including phenoxy) is 1. The molecule has 0 fully saturated rings. The molecule has 1 aliphatic rings. The number of nitrogens with zero attached hydrogens (tertiary/aromatic N) is 2. The third-order valence-electron chi connectivity index (χ3n) is 3.19. The molecule has 7 heteroatoms. The molecule has 1 aliphatic carbocycles. The molecule has 1 atom stereocenters. The molecule has 106 valence electrons. The molecule has 1 aromatic rings. The Morgan fingerprint density at radius 2 is 2.37 bits per heavy atom. The van der Waals surface area contributed by atoms with Crippen molar-refractivity contribution in [3.05, 3.63) is 17.5 Å². The first-order valence-corrected chi connectivity index (χ1v) is 6.46. The maximum atomic E-state index is 11.5. The van der Waals surface area contributed by atoms with Crippen LogP contribution in [0.2, 0.25) is 0 Å². The minimum absolute atomic E-state index is 0.00478. The number of amides is 1. The monoisotopic (exact) mass is 269 g/mol. The second kappa shape index (κ2) is 6.53. The van der Waals surface area contributed by atoms with Gasteiger partial charge in [-0.05, 0) is 19.3 Å². The Morgan fingerprint density at radius 1 is 1.53 bits per heavy atom. The maximum Gasteiger partial charge on any atom is 0.407 e. The lowest BCUT2D eigenvalue weighted by Crippen LogP contribution is -2.32. The van der Waals surface area contributed by atoms with Crippen LogP contribution < -0.4 is 5.32 Å². The number of fused-ring (bicyclic) bond motifs is 1. The van der Waals surface area contributed by atoms with E-state index in [1.807, 2.05) is 0 Å². The zero-order valence-electron chi connectivity index (χ0n) is 10.7. The summed E-state index contributed by atoms with van der Waals surface area (Å²) >= 11 is 0. The summed E-state index contributed by atoms with van der Waals surface area (Å²) < 4.78 is 6.58. The third kappa shape index (κ3) is 3.24. The molecule has 2 rings (SSSR count). The number of aromatic nitrogens is 2. The second-order valence-electron chi connectivity index (χ2n) is 4.44. The fraction of sp³-hybridized carbons (Fsp3) is 0.667. The van der Waals surface area contributed by atoms with Crippen LogP contribution in [0.15, 0.2) is 6.20 Å². The largest absolute Gasteiger partial charge is 0.447 e. The minimum Gasteiger partial charge on any atom is -0.447 e. The van der Waals surface area contributed by atoms with Crippen LogP contribution in [0.3, 0.4) is 0 Å². The van der Waals surface area contributed by atoms with E-state index in [0.717, 1.165) is 30.5 Å². The summed E-state index contributed by atoms with van der Waals surface area (Å²) in [4.78, 5) is 11.5. The van der Waals surface area contributed by atoms with Gasteiger partial charge in [-0.1, -0.05) is 0 Å². The second-order valence-corrected chi connectivity index (χ2v) is 4.44. The number of alkyl carbamates (subject to hydrolysis) is 1. The zero-order chi connectivity index (χ0) is 13.7. The molecule has 0 radical (unpaired) electrons. The molecule has 0 saturated heterocycles. The molecule has 19 heavy (non-hydrogen) atoms. The van der Waals surface area contributed by atoms with Crippen molar-refractivity contribution >= 4 is 6.09 Å². The van der Waals surface area contributed by atoms with Crippen LogP contribution in [0.1, 0.15) is 30.1 Å². The zero-order valence-corrected chi connectivity index (χ0v) is 10.7. The van der Waals surface area contributed by atoms with Gasteiger partial charge < -0.3 is 20.3 Å². The van der Waals surface area contributed by atoms with Crippen molar-refractivity contribution in [1.29, 1.82) is 0 Å². The van der Waals surface area contributed by atoms with E-state index >= 15 is 0 Å². The molecular weight excluding hydrogens is 250 g/mol. The van der Waals surface area contributed by atoms with E-state index in [0.29, 0.717) is 6.54 Å². The van der Waals surface area contributed by atoms with Crippen LogP contribution in [0.5, 0.6) is 0 Å². The van der Waals surface area contributed by atoms with Gasteiger partial charge in [0.05, 0.1) is 32.0 Å². The van der Waals surface area contributed by atoms with Crippen molar-refractivity contribution in [3.8, 4) is 0 Å². The average molecular weight is 269 g/mol.